The van der Waals surface area contributed by atoms with Crippen molar-refractivity contribution in [3.05, 3.63) is 29.3 Å². The summed E-state index contributed by atoms with van der Waals surface area (Å²) in [6.45, 7) is 1.87. The highest BCUT2D eigenvalue weighted by atomic mass is 32.2. The van der Waals surface area contributed by atoms with Crippen LogP contribution < -0.4 is 0 Å². The molecule has 2 rings (SSSR count). The van der Waals surface area contributed by atoms with Crippen molar-refractivity contribution in [1.82, 2.24) is 4.31 Å². The zero-order valence-corrected chi connectivity index (χ0v) is 15.2. The number of nitrogens with zero attached hydrogens (tertiary/aromatic N) is 1. The highest BCUT2D eigenvalue weighted by Gasteiger charge is 2.32. The minimum Gasteiger partial charge on any atom is -0.465 e. The zero-order valence-electron chi connectivity index (χ0n) is 14.4. The first kappa shape index (κ1) is 18.9. The Balaban J connectivity index is 2.28. The van der Waals surface area contributed by atoms with E-state index < -0.39 is 16.0 Å². The van der Waals surface area contributed by atoms with Gasteiger partial charge >= 0.3 is 5.97 Å². The quantitative estimate of drug-likeness (QED) is 0.816. The summed E-state index contributed by atoms with van der Waals surface area (Å²) in [6, 6.07) is 4.48. The molecule has 0 unspecified atom stereocenters. The summed E-state index contributed by atoms with van der Waals surface area (Å²) < 4.78 is 32.1. The number of hydrogen-bond acceptors (Lipinski definition) is 5. The molecule has 1 N–H and O–H groups in total. The third kappa shape index (κ3) is 3.79. The molecule has 0 bridgehead atoms. The molecule has 0 heterocycles. The van der Waals surface area contributed by atoms with Crippen molar-refractivity contribution >= 4 is 16.0 Å². The van der Waals surface area contributed by atoms with Crippen LogP contribution in [-0.4, -0.2) is 50.6 Å². The molecule has 0 amide bonds. The third-order valence-corrected chi connectivity index (χ3v) is 6.91. The van der Waals surface area contributed by atoms with Gasteiger partial charge in [0.15, 0.2) is 0 Å². The topological polar surface area (TPSA) is 83.9 Å². The van der Waals surface area contributed by atoms with Crippen molar-refractivity contribution in [1.29, 1.82) is 0 Å². The van der Waals surface area contributed by atoms with Gasteiger partial charge in [-0.1, -0.05) is 6.07 Å². The number of sulfonamides is 1. The number of esters is 1. The summed E-state index contributed by atoms with van der Waals surface area (Å²) in [5.41, 5.74) is 0.817. The molecule has 6 nitrogen and oxygen atoms in total. The van der Waals surface area contributed by atoms with Gasteiger partial charge in [0.05, 0.1) is 17.6 Å². The van der Waals surface area contributed by atoms with Gasteiger partial charge in [0.1, 0.15) is 0 Å². The summed E-state index contributed by atoms with van der Waals surface area (Å²) in [5.74, 6) is -0.292. The fourth-order valence-electron chi connectivity index (χ4n) is 3.17. The van der Waals surface area contributed by atoms with E-state index in [2.05, 4.69) is 4.74 Å². The van der Waals surface area contributed by atoms with Crippen LogP contribution in [0.5, 0.6) is 0 Å². The van der Waals surface area contributed by atoms with Gasteiger partial charge in [0.25, 0.3) is 0 Å². The second-order valence-corrected chi connectivity index (χ2v) is 8.32. The normalized spacial score (nSPS) is 21.7. The van der Waals surface area contributed by atoms with Gasteiger partial charge in [-0.2, -0.15) is 4.31 Å². The molecule has 1 fully saturated rings. The Morgan fingerprint density at radius 2 is 1.92 bits per heavy atom. The van der Waals surface area contributed by atoms with Crippen molar-refractivity contribution in [3.8, 4) is 0 Å². The van der Waals surface area contributed by atoms with E-state index in [1.807, 2.05) is 0 Å². The monoisotopic (exact) mass is 355 g/mol. The Bertz CT molecular complexity index is 693. The van der Waals surface area contributed by atoms with Gasteiger partial charge < -0.3 is 9.84 Å². The fraction of sp³-hybridized carbons (Fsp3) is 0.588. The lowest BCUT2D eigenvalue weighted by molar-refractivity contribution is 0.0600. The molecule has 1 saturated carbocycles. The summed E-state index contributed by atoms with van der Waals surface area (Å²) in [4.78, 5) is 11.8. The molecule has 0 aromatic heterocycles. The van der Waals surface area contributed by atoms with Crippen molar-refractivity contribution in [2.45, 2.75) is 43.5 Å². The number of methoxy groups -OCH3 is 1. The molecule has 1 aliphatic carbocycles. The van der Waals surface area contributed by atoms with Crippen LogP contribution in [0.3, 0.4) is 0 Å². The maximum atomic E-state index is 13.0. The van der Waals surface area contributed by atoms with Gasteiger partial charge in [-0.25, -0.2) is 13.2 Å². The van der Waals surface area contributed by atoms with Crippen LogP contribution in [0.1, 0.15) is 41.6 Å². The maximum absolute atomic E-state index is 13.0. The van der Waals surface area contributed by atoms with Crippen molar-refractivity contribution in [2.24, 2.45) is 5.92 Å². The van der Waals surface area contributed by atoms with Gasteiger partial charge in [-0.05, 0) is 56.2 Å². The number of aliphatic hydroxyl groups excluding tert-OH is 1. The Morgan fingerprint density at radius 1 is 1.29 bits per heavy atom. The predicted octanol–water partition coefficient (Wildman–Crippen LogP) is 1.95. The number of rotatable bonds is 5. The molecule has 134 valence electrons. The smallest absolute Gasteiger partial charge is 0.337 e. The van der Waals surface area contributed by atoms with Crippen LogP contribution >= 0.6 is 0 Å². The third-order valence-electron chi connectivity index (χ3n) is 4.85. The first-order valence-corrected chi connectivity index (χ1v) is 9.53. The molecule has 7 heteroatoms. The van der Waals surface area contributed by atoms with Gasteiger partial charge in [0.2, 0.25) is 10.0 Å². The average molecular weight is 355 g/mol. The van der Waals surface area contributed by atoms with E-state index in [4.69, 9.17) is 0 Å². The Kier molecular flexibility index (Phi) is 6.01. The lowest BCUT2D eigenvalue weighted by Crippen LogP contribution is -2.40. The van der Waals surface area contributed by atoms with E-state index in [0.29, 0.717) is 5.56 Å². The molecular weight excluding hydrogens is 330 g/mol. The van der Waals surface area contributed by atoms with Crippen molar-refractivity contribution < 1.29 is 23.1 Å². The molecule has 0 spiro atoms. The Labute approximate surface area is 143 Å². The molecule has 24 heavy (non-hydrogen) atoms. The van der Waals surface area contributed by atoms with E-state index in [0.717, 1.165) is 25.7 Å². The second kappa shape index (κ2) is 7.63. The standard InChI is InChI=1S/C17H25NO5S/c1-12-4-7-14(17(20)23-3)10-16(12)24(21,22)18(2)15-8-5-13(11-19)6-9-15/h4,7,10,13,15,19H,5-6,8-9,11H2,1-3H3. The fourth-order valence-corrected chi connectivity index (χ4v) is 4.83. The van der Waals surface area contributed by atoms with E-state index in [1.54, 1.807) is 26.1 Å². The average Bonchev–Trinajstić information content (AvgIpc) is 2.60. The highest BCUT2D eigenvalue weighted by molar-refractivity contribution is 7.89. The molecule has 0 saturated heterocycles. The largest absolute Gasteiger partial charge is 0.465 e. The van der Waals surface area contributed by atoms with Crippen molar-refractivity contribution in [2.75, 3.05) is 20.8 Å². The maximum Gasteiger partial charge on any atom is 0.337 e. The van der Waals surface area contributed by atoms with Crippen LogP contribution in [0, 0.1) is 12.8 Å². The minimum atomic E-state index is -3.69. The number of ether oxygens (including phenoxy) is 1. The number of carbonyl (C=O) groups is 1. The van der Waals surface area contributed by atoms with E-state index in [-0.39, 0.29) is 29.0 Å². The van der Waals surface area contributed by atoms with Crippen LogP contribution in [0.25, 0.3) is 0 Å². The molecule has 0 aliphatic heterocycles. The summed E-state index contributed by atoms with van der Waals surface area (Å²) in [5, 5.41) is 9.22. The predicted molar refractivity (Wildman–Crippen MR) is 90.3 cm³/mol. The Morgan fingerprint density at radius 3 is 2.46 bits per heavy atom. The van der Waals surface area contributed by atoms with Gasteiger partial charge in [0, 0.05) is 19.7 Å². The van der Waals surface area contributed by atoms with Crippen LogP contribution in [0.4, 0.5) is 0 Å². The zero-order chi connectivity index (χ0) is 17.9. The second-order valence-electron chi connectivity index (χ2n) is 6.35. The lowest BCUT2D eigenvalue weighted by atomic mass is 9.87. The van der Waals surface area contributed by atoms with E-state index in [1.165, 1.54) is 17.5 Å². The first-order valence-electron chi connectivity index (χ1n) is 8.09. The number of hydrogen-bond donors (Lipinski definition) is 1. The number of carbonyl (C=O) groups excluding carboxylic acids is 1. The van der Waals surface area contributed by atoms with Gasteiger partial charge in [-0.15, -0.1) is 0 Å². The molecule has 1 aliphatic rings. The molecule has 0 atom stereocenters. The number of aliphatic hydroxyl groups is 1. The number of aryl methyl sites for hydroxylation is 1. The lowest BCUT2D eigenvalue weighted by Gasteiger charge is -2.33. The molecule has 0 radical (unpaired) electrons. The molecular formula is C17H25NO5S. The van der Waals surface area contributed by atoms with Crippen molar-refractivity contribution in [3.63, 3.8) is 0 Å². The van der Waals surface area contributed by atoms with E-state index in [9.17, 15) is 18.3 Å². The summed E-state index contributed by atoms with van der Waals surface area (Å²) >= 11 is 0. The first-order chi connectivity index (χ1) is 11.3. The van der Waals surface area contributed by atoms with Crippen LogP contribution in [0.15, 0.2) is 23.1 Å². The summed E-state index contributed by atoms with van der Waals surface area (Å²) in [6.07, 6.45) is 3.11. The van der Waals surface area contributed by atoms with E-state index >= 15 is 0 Å². The summed E-state index contributed by atoms with van der Waals surface area (Å²) in [7, 11) is -0.842. The number of benzene rings is 1. The van der Waals surface area contributed by atoms with Crippen LogP contribution in [-0.2, 0) is 14.8 Å². The molecule has 1 aromatic rings. The minimum absolute atomic E-state index is 0.0843. The van der Waals surface area contributed by atoms with Crippen LogP contribution in [0.2, 0.25) is 0 Å². The highest BCUT2D eigenvalue weighted by Crippen LogP contribution is 2.30. The van der Waals surface area contributed by atoms with Gasteiger partial charge in [-0.3, -0.25) is 0 Å². The molecule has 1 aromatic carbocycles. The SMILES string of the molecule is COC(=O)c1ccc(C)c(S(=O)(=O)N(C)C2CCC(CO)CC2)c1. The Hall–Kier alpha value is -1.44.